The molecule has 3 aromatic rings. The van der Waals surface area contributed by atoms with E-state index in [1.165, 1.54) is 41.4 Å². The molecule has 0 aliphatic carbocycles. The molecule has 158 valence electrons. The van der Waals surface area contributed by atoms with E-state index in [-0.39, 0.29) is 0 Å². The largest absolute Gasteiger partial charge is 0.496 e. The van der Waals surface area contributed by atoms with Crippen molar-refractivity contribution in [3.63, 3.8) is 0 Å². The lowest BCUT2D eigenvalue weighted by Gasteiger charge is -2.33. The highest BCUT2D eigenvalue weighted by atomic mass is 79.9. The van der Waals surface area contributed by atoms with Crippen LogP contribution >= 0.6 is 15.9 Å². The highest BCUT2D eigenvalue weighted by Crippen LogP contribution is 2.30. The zero-order valence-corrected chi connectivity index (χ0v) is 19.6. The van der Waals surface area contributed by atoms with Crippen molar-refractivity contribution in [1.29, 1.82) is 0 Å². The maximum absolute atomic E-state index is 5.63. The first-order chi connectivity index (χ1) is 14.7. The van der Waals surface area contributed by atoms with Crippen LogP contribution in [0.4, 0.5) is 5.69 Å². The van der Waals surface area contributed by atoms with E-state index in [9.17, 15) is 0 Å². The van der Waals surface area contributed by atoms with E-state index in [2.05, 4.69) is 87.3 Å². The van der Waals surface area contributed by atoms with Crippen LogP contribution in [-0.4, -0.2) is 44.2 Å². The molecular formula is C26H31BrN2O. The van der Waals surface area contributed by atoms with Crippen molar-refractivity contribution in [3.8, 4) is 5.75 Å². The first-order valence-corrected chi connectivity index (χ1v) is 11.8. The predicted molar refractivity (Wildman–Crippen MR) is 131 cm³/mol. The standard InChI is InChI=1S/C26H31BrN2O/c1-3-28-16-7-10-23(28)19-29(17-15-21-18-22(27)13-14-26(21)30-2)25-12-6-9-20-8-4-5-11-24(20)25/h4-6,8-9,11-14,18,23H,3,7,10,15-17,19H2,1-2H3. The summed E-state index contributed by atoms with van der Waals surface area (Å²) >= 11 is 3.62. The summed E-state index contributed by atoms with van der Waals surface area (Å²) in [4.78, 5) is 5.24. The Morgan fingerprint density at radius 2 is 1.93 bits per heavy atom. The van der Waals surface area contributed by atoms with Crippen molar-refractivity contribution in [2.24, 2.45) is 0 Å². The number of nitrogens with zero attached hydrogens (tertiary/aromatic N) is 2. The number of rotatable bonds is 8. The molecule has 1 fully saturated rings. The maximum atomic E-state index is 5.63. The molecule has 0 radical (unpaired) electrons. The normalized spacial score (nSPS) is 16.8. The molecule has 0 spiro atoms. The SMILES string of the molecule is CCN1CCCC1CN(CCc1cc(Br)ccc1OC)c1cccc2ccccc12. The topological polar surface area (TPSA) is 15.7 Å². The molecule has 3 aromatic carbocycles. The number of benzene rings is 3. The summed E-state index contributed by atoms with van der Waals surface area (Å²) < 4.78 is 6.73. The highest BCUT2D eigenvalue weighted by Gasteiger charge is 2.26. The third-order valence-electron chi connectivity index (χ3n) is 6.34. The third kappa shape index (κ3) is 4.65. The molecule has 1 aliphatic rings. The number of anilines is 1. The molecule has 4 rings (SSSR count). The van der Waals surface area contributed by atoms with Crippen LogP contribution < -0.4 is 9.64 Å². The molecule has 1 saturated heterocycles. The molecule has 0 saturated carbocycles. The van der Waals surface area contributed by atoms with Crippen molar-refractivity contribution in [2.45, 2.75) is 32.2 Å². The lowest BCUT2D eigenvalue weighted by molar-refractivity contribution is 0.269. The first kappa shape index (κ1) is 21.2. The fourth-order valence-corrected chi connectivity index (χ4v) is 5.17. The fourth-order valence-electron chi connectivity index (χ4n) is 4.76. The lowest BCUT2D eigenvalue weighted by Crippen LogP contribution is -2.41. The summed E-state index contributed by atoms with van der Waals surface area (Å²) in [6, 6.07) is 22.3. The Labute approximate surface area is 188 Å². The number of likely N-dealkylation sites (N-methyl/N-ethyl adjacent to an activating group) is 1. The van der Waals surface area contributed by atoms with Gasteiger partial charge in [-0.25, -0.2) is 0 Å². The molecular weight excluding hydrogens is 436 g/mol. The minimum Gasteiger partial charge on any atom is -0.496 e. The minimum atomic E-state index is 0.623. The zero-order chi connectivity index (χ0) is 20.9. The minimum absolute atomic E-state index is 0.623. The van der Waals surface area contributed by atoms with Crippen LogP contribution in [-0.2, 0) is 6.42 Å². The Hall–Kier alpha value is -2.04. The number of halogens is 1. The zero-order valence-electron chi connectivity index (χ0n) is 18.0. The van der Waals surface area contributed by atoms with Crippen LogP contribution in [0, 0.1) is 0 Å². The lowest BCUT2D eigenvalue weighted by atomic mass is 10.1. The molecule has 1 aliphatic heterocycles. The van der Waals surface area contributed by atoms with Crippen LogP contribution in [0.25, 0.3) is 10.8 Å². The van der Waals surface area contributed by atoms with E-state index in [1.54, 1.807) is 7.11 Å². The number of hydrogen-bond donors (Lipinski definition) is 0. The van der Waals surface area contributed by atoms with Crippen molar-refractivity contribution >= 4 is 32.4 Å². The van der Waals surface area contributed by atoms with Crippen LogP contribution in [0.3, 0.4) is 0 Å². The molecule has 1 atom stereocenters. The summed E-state index contributed by atoms with van der Waals surface area (Å²) in [5.41, 5.74) is 2.58. The van der Waals surface area contributed by atoms with Gasteiger partial charge in [-0.05, 0) is 67.6 Å². The van der Waals surface area contributed by atoms with Crippen LogP contribution in [0.2, 0.25) is 0 Å². The van der Waals surface area contributed by atoms with Gasteiger partial charge in [0.15, 0.2) is 0 Å². The number of hydrogen-bond acceptors (Lipinski definition) is 3. The van der Waals surface area contributed by atoms with Gasteiger partial charge >= 0.3 is 0 Å². The summed E-state index contributed by atoms with van der Waals surface area (Å²) in [5.74, 6) is 0.965. The van der Waals surface area contributed by atoms with Gasteiger partial charge in [0, 0.05) is 34.7 Å². The second-order valence-electron chi connectivity index (χ2n) is 8.08. The monoisotopic (exact) mass is 466 g/mol. The smallest absolute Gasteiger partial charge is 0.122 e. The van der Waals surface area contributed by atoms with E-state index >= 15 is 0 Å². The van der Waals surface area contributed by atoms with E-state index in [1.807, 2.05) is 6.07 Å². The maximum Gasteiger partial charge on any atom is 0.122 e. The third-order valence-corrected chi connectivity index (χ3v) is 6.83. The van der Waals surface area contributed by atoms with Crippen molar-refractivity contribution in [1.82, 2.24) is 4.90 Å². The Morgan fingerprint density at radius 1 is 1.10 bits per heavy atom. The molecule has 3 nitrogen and oxygen atoms in total. The van der Waals surface area contributed by atoms with Gasteiger partial charge in [0.2, 0.25) is 0 Å². The Bertz CT molecular complexity index is 984. The average molecular weight is 467 g/mol. The molecule has 0 bridgehead atoms. The van der Waals surface area contributed by atoms with Gasteiger partial charge < -0.3 is 9.64 Å². The summed E-state index contributed by atoms with van der Waals surface area (Å²) in [6.45, 7) is 6.68. The van der Waals surface area contributed by atoms with Gasteiger partial charge in [0.25, 0.3) is 0 Å². The Morgan fingerprint density at radius 3 is 2.77 bits per heavy atom. The van der Waals surface area contributed by atoms with Gasteiger partial charge in [0.05, 0.1) is 7.11 Å². The Kier molecular flexibility index (Phi) is 6.96. The number of ether oxygens (including phenoxy) is 1. The van der Waals surface area contributed by atoms with Crippen molar-refractivity contribution in [3.05, 3.63) is 70.7 Å². The molecule has 1 heterocycles. The van der Waals surface area contributed by atoms with E-state index < -0.39 is 0 Å². The molecule has 30 heavy (non-hydrogen) atoms. The van der Waals surface area contributed by atoms with Crippen LogP contribution in [0.15, 0.2) is 65.1 Å². The van der Waals surface area contributed by atoms with E-state index in [0.29, 0.717) is 6.04 Å². The summed E-state index contributed by atoms with van der Waals surface area (Å²) in [6.07, 6.45) is 3.54. The average Bonchev–Trinajstić information content (AvgIpc) is 3.23. The second-order valence-corrected chi connectivity index (χ2v) is 8.99. The van der Waals surface area contributed by atoms with E-state index in [0.717, 1.165) is 36.3 Å². The number of methoxy groups -OCH3 is 1. The molecule has 4 heteroatoms. The highest BCUT2D eigenvalue weighted by molar-refractivity contribution is 9.10. The van der Waals surface area contributed by atoms with Crippen molar-refractivity contribution < 1.29 is 4.74 Å². The van der Waals surface area contributed by atoms with Gasteiger partial charge in [-0.2, -0.15) is 0 Å². The van der Waals surface area contributed by atoms with Gasteiger partial charge in [-0.1, -0.05) is 59.3 Å². The summed E-state index contributed by atoms with van der Waals surface area (Å²) in [7, 11) is 1.76. The fraction of sp³-hybridized carbons (Fsp3) is 0.385. The first-order valence-electron chi connectivity index (χ1n) is 11.0. The van der Waals surface area contributed by atoms with Crippen LogP contribution in [0.5, 0.6) is 5.75 Å². The van der Waals surface area contributed by atoms with Gasteiger partial charge in [-0.15, -0.1) is 0 Å². The van der Waals surface area contributed by atoms with Gasteiger partial charge in [-0.3, -0.25) is 4.90 Å². The molecule has 0 aromatic heterocycles. The molecule has 0 N–H and O–H groups in total. The van der Waals surface area contributed by atoms with E-state index in [4.69, 9.17) is 4.74 Å². The number of fused-ring (bicyclic) bond motifs is 1. The quantitative estimate of drug-likeness (QED) is 0.396. The molecule has 1 unspecified atom stereocenters. The van der Waals surface area contributed by atoms with Crippen molar-refractivity contribution in [2.75, 3.05) is 38.2 Å². The van der Waals surface area contributed by atoms with Crippen LogP contribution in [0.1, 0.15) is 25.3 Å². The predicted octanol–water partition coefficient (Wildman–Crippen LogP) is 6.14. The van der Waals surface area contributed by atoms with Gasteiger partial charge in [0.1, 0.15) is 5.75 Å². The molecule has 0 amide bonds. The summed E-state index contributed by atoms with van der Waals surface area (Å²) in [5, 5.41) is 2.64. The Balaban J connectivity index is 1.64. The number of likely N-dealkylation sites (tertiary alicyclic amines) is 1. The second kappa shape index (κ2) is 9.84.